The van der Waals surface area contributed by atoms with Gasteiger partial charge in [-0.25, -0.2) is 0 Å². The smallest absolute Gasteiger partial charge is 0.119 e. The lowest BCUT2D eigenvalue weighted by Gasteiger charge is -2.31. The van der Waals surface area contributed by atoms with Crippen molar-refractivity contribution in [2.24, 2.45) is 0 Å². The molecule has 0 aliphatic rings. The van der Waals surface area contributed by atoms with E-state index in [1.165, 1.54) is 5.30 Å². The molecular weight excluding hydrogens is 279 g/mol. The maximum atomic E-state index is 10.3. The summed E-state index contributed by atoms with van der Waals surface area (Å²) >= 11 is 0. The molecule has 112 valence electrons. The standard InChI is InChI=1S/C18H23O2P/c1-4-18(3,15-11-13(2)9-10-16(15)20)21-17-8-6-5-7-14(17)12-19/h5-11,19-21H,4,12H2,1-3H3. The van der Waals surface area contributed by atoms with Crippen molar-refractivity contribution < 1.29 is 10.2 Å². The lowest BCUT2D eigenvalue weighted by molar-refractivity contribution is 0.283. The Morgan fingerprint density at radius 1 is 1.14 bits per heavy atom. The quantitative estimate of drug-likeness (QED) is 0.824. The Morgan fingerprint density at radius 2 is 1.86 bits per heavy atom. The summed E-state index contributed by atoms with van der Waals surface area (Å²) in [5.74, 6) is 0.360. The molecular formula is C18H23O2P. The number of aryl methyl sites for hydroxylation is 1. The molecule has 0 aromatic heterocycles. The van der Waals surface area contributed by atoms with E-state index in [9.17, 15) is 10.2 Å². The molecule has 0 bridgehead atoms. The third-order valence-electron chi connectivity index (χ3n) is 4.05. The Balaban J connectivity index is 2.44. The van der Waals surface area contributed by atoms with Crippen molar-refractivity contribution in [1.29, 1.82) is 0 Å². The van der Waals surface area contributed by atoms with Crippen molar-refractivity contribution >= 4 is 13.9 Å². The van der Waals surface area contributed by atoms with Gasteiger partial charge in [0.1, 0.15) is 5.75 Å². The molecule has 2 unspecified atom stereocenters. The minimum Gasteiger partial charge on any atom is -0.508 e. The predicted molar refractivity (Wildman–Crippen MR) is 90.8 cm³/mol. The highest BCUT2D eigenvalue weighted by Gasteiger charge is 2.28. The molecule has 0 radical (unpaired) electrons. The molecule has 0 heterocycles. The monoisotopic (exact) mass is 302 g/mol. The highest BCUT2D eigenvalue weighted by atomic mass is 31.1. The van der Waals surface area contributed by atoms with Crippen LogP contribution in [-0.4, -0.2) is 10.2 Å². The van der Waals surface area contributed by atoms with Crippen molar-refractivity contribution in [2.75, 3.05) is 0 Å². The molecule has 2 atom stereocenters. The fraction of sp³-hybridized carbons (Fsp3) is 0.333. The Hall–Kier alpha value is -1.37. The third kappa shape index (κ3) is 3.45. The minimum absolute atomic E-state index is 0.0583. The molecule has 0 saturated carbocycles. The average molecular weight is 302 g/mol. The zero-order valence-electron chi connectivity index (χ0n) is 12.9. The summed E-state index contributed by atoms with van der Waals surface area (Å²) in [5.41, 5.74) is 3.13. The van der Waals surface area contributed by atoms with Crippen LogP contribution < -0.4 is 5.30 Å². The fourth-order valence-corrected chi connectivity index (χ4v) is 4.12. The largest absolute Gasteiger partial charge is 0.508 e. The number of aromatic hydroxyl groups is 1. The van der Waals surface area contributed by atoms with E-state index in [4.69, 9.17) is 0 Å². The van der Waals surface area contributed by atoms with Crippen LogP contribution in [-0.2, 0) is 11.8 Å². The molecule has 0 spiro atoms. The molecule has 3 heteroatoms. The number of phenolic OH excluding ortho intramolecular Hbond substituents is 1. The van der Waals surface area contributed by atoms with E-state index in [1.54, 1.807) is 6.07 Å². The van der Waals surface area contributed by atoms with Gasteiger partial charge in [0.25, 0.3) is 0 Å². The van der Waals surface area contributed by atoms with Gasteiger partial charge < -0.3 is 10.2 Å². The summed E-state index contributed by atoms with van der Waals surface area (Å²) in [6, 6.07) is 13.8. The SMILES string of the molecule is CCC(C)(Pc1ccccc1CO)c1cc(C)ccc1O. The Kier molecular flexibility index (Phi) is 5.03. The molecule has 2 aromatic carbocycles. The van der Waals surface area contributed by atoms with Gasteiger partial charge in [0.15, 0.2) is 0 Å². The zero-order valence-corrected chi connectivity index (χ0v) is 13.9. The number of aliphatic hydroxyl groups is 1. The fourth-order valence-electron chi connectivity index (χ4n) is 2.52. The first-order chi connectivity index (χ1) is 10.00. The van der Waals surface area contributed by atoms with Crippen LogP contribution in [0.25, 0.3) is 0 Å². The van der Waals surface area contributed by atoms with Crippen LogP contribution in [0.4, 0.5) is 0 Å². The highest BCUT2D eigenvalue weighted by Crippen LogP contribution is 2.47. The van der Waals surface area contributed by atoms with Crippen molar-refractivity contribution in [3.63, 3.8) is 0 Å². The topological polar surface area (TPSA) is 40.5 Å². The molecule has 0 aliphatic carbocycles. The average Bonchev–Trinajstić information content (AvgIpc) is 2.50. The Bertz CT molecular complexity index is 624. The van der Waals surface area contributed by atoms with E-state index >= 15 is 0 Å². The number of aliphatic hydroxyl groups excluding tert-OH is 1. The van der Waals surface area contributed by atoms with Gasteiger partial charge in [0.2, 0.25) is 0 Å². The molecule has 2 nitrogen and oxygen atoms in total. The van der Waals surface area contributed by atoms with E-state index in [2.05, 4.69) is 26.0 Å². The number of rotatable bonds is 5. The molecule has 2 aromatic rings. The summed E-state index contributed by atoms with van der Waals surface area (Å²) in [6.45, 7) is 6.44. The number of benzene rings is 2. The predicted octanol–water partition coefficient (Wildman–Crippen LogP) is 3.82. The van der Waals surface area contributed by atoms with Gasteiger partial charge in [-0.15, -0.1) is 0 Å². The van der Waals surface area contributed by atoms with Gasteiger partial charge in [-0.05, 0) is 30.3 Å². The summed E-state index contributed by atoms with van der Waals surface area (Å²) in [7, 11) is 0.504. The molecule has 2 rings (SSSR count). The van der Waals surface area contributed by atoms with Crippen LogP contribution in [0, 0.1) is 6.92 Å². The second-order valence-electron chi connectivity index (χ2n) is 5.65. The molecule has 0 saturated heterocycles. The molecule has 21 heavy (non-hydrogen) atoms. The Labute approximate surface area is 128 Å². The molecule has 0 fully saturated rings. The summed E-state index contributed by atoms with van der Waals surface area (Å²) < 4.78 is 0. The lowest BCUT2D eigenvalue weighted by Crippen LogP contribution is -2.20. The summed E-state index contributed by atoms with van der Waals surface area (Å²) in [4.78, 5) is 0. The van der Waals surface area contributed by atoms with E-state index in [0.717, 1.165) is 23.1 Å². The first kappa shape index (κ1) is 16.0. The molecule has 0 aliphatic heterocycles. The highest BCUT2D eigenvalue weighted by molar-refractivity contribution is 7.48. The van der Waals surface area contributed by atoms with E-state index in [1.807, 2.05) is 31.2 Å². The minimum atomic E-state index is -0.124. The van der Waals surface area contributed by atoms with Gasteiger partial charge in [0.05, 0.1) is 6.61 Å². The zero-order chi connectivity index (χ0) is 15.5. The van der Waals surface area contributed by atoms with Crippen LogP contribution in [0.3, 0.4) is 0 Å². The van der Waals surface area contributed by atoms with Gasteiger partial charge >= 0.3 is 0 Å². The van der Waals surface area contributed by atoms with E-state index in [0.29, 0.717) is 14.3 Å². The van der Waals surface area contributed by atoms with Crippen LogP contribution in [0.5, 0.6) is 5.75 Å². The second kappa shape index (κ2) is 6.60. The normalized spacial score (nSPS) is 14.5. The van der Waals surface area contributed by atoms with Crippen LogP contribution >= 0.6 is 8.58 Å². The summed E-state index contributed by atoms with van der Waals surface area (Å²) in [6.07, 6.45) is 0.933. The third-order valence-corrected chi connectivity index (χ3v) is 5.98. The van der Waals surface area contributed by atoms with Crippen molar-refractivity contribution in [3.8, 4) is 5.75 Å². The maximum Gasteiger partial charge on any atom is 0.119 e. The van der Waals surface area contributed by atoms with Crippen LogP contribution in [0.15, 0.2) is 42.5 Å². The van der Waals surface area contributed by atoms with Crippen molar-refractivity contribution in [2.45, 2.75) is 39.0 Å². The van der Waals surface area contributed by atoms with Gasteiger partial charge in [-0.1, -0.05) is 64.4 Å². The lowest BCUT2D eigenvalue weighted by atomic mass is 9.95. The first-order valence-corrected chi connectivity index (χ1v) is 8.27. The van der Waals surface area contributed by atoms with Crippen LogP contribution in [0.1, 0.15) is 37.0 Å². The van der Waals surface area contributed by atoms with Crippen molar-refractivity contribution in [1.82, 2.24) is 0 Å². The number of hydrogen-bond acceptors (Lipinski definition) is 2. The van der Waals surface area contributed by atoms with Gasteiger partial charge in [-0.2, -0.15) is 0 Å². The maximum absolute atomic E-state index is 10.3. The Morgan fingerprint density at radius 3 is 2.52 bits per heavy atom. The number of hydrogen-bond donors (Lipinski definition) is 2. The first-order valence-electron chi connectivity index (χ1n) is 7.27. The van der Waals surface area contributed by atoms with E-state index in [-0.39, 0.29) is 11.8 Å². The molecule has 2 N–H and O–H groups in total. The second-order valence-corrected chi connectivity index (χ2v) is 7.54. The number of phenols is 1. The van der Waals surface area contributed by atoms with E-state index < -0.39 is 0 Å². The van der Waals surface area contributed by atoms with Gasteiger partial charge in [0, 0.05) is 10.7 Å². The molecule has 0 amide bonds. The summed E-state index contributed by atoms with van der Waals surface area (Å²) in [5, 5.41) is 20.8. The van der Waals surface area contributed by atoms with Gasteiger partial charge in [-0.3, -0.25) is 0 Å². The van der Waals surface area contributed by atoms with Crippen molar-refractivity contribution in [3.05, 3.63) is 59.2 Å². The van der Waals surface area contributed by atoms with Crippen LogP contribution in [0.2, 0.25) is 0 Å².